The van der Waals surface area contributed by atoms with E-state index in [0.717, 1.165) is 5.65 Å². The molecule has 0 aromatic carbocycles. The molecular weight excluding hydrogens is 244 g/mol. The van der Waals surface area contributed by atoms with E-state index in [2.05, 4.69) is 15.0 Å². The molecule has 0 aliphatic heterocycles. The highest BCUT2D eigenvalue weighted by molar-refractivity contribution is 5.55. The Morgan fingerprint density at radius 1 is 1.37 bits per heavy atom. The van der Waals surface area contributed by atoms with Gasteiger partial charge in [-0.25, -0.2) is 9.97 Å². The first-order valence-electron chi connectivity index (χ1n) is 5.79. The van der Waals surface area contributed by atoms with Crippen LogP contribution in [0, 0.1) is 0 Å². The molecule has 3 aromatic rings. The Morgan fingerprint density at radius 2 is 2.26 bits per heavy atom. The minimum Gasteiger partial charge on any atom is -0.378 e. The van der Waals surface area contributed by atoms with Crippen LogP contribution in [0.25, 0.3) is 17.2 Å². The van der Waals surface area contributed by atoms with Gasteiger partial charge in [-0.2, -0.15) is 0 Å². The quantitative estimate of drug-likeness (QED) is 0.765. The summed E-state index contributed by atoms with van der Waals surface area (Å²) in [5, 5.41) is 0. The van der Waals surface area contributed by atoms with Crippen molar-refractivity contribution in [2.24, 2.45) is 0 Å². The van der Waals surface area contributed by atoms with Crippen molar-refractivity contribution in [2.45, 2.75) is 6.61 Å². The fourth-order valence-electron chi connectivity index (χ4n) is 1.90. The first-order chi connectivity index (χ1) is 9.26. The van der Waals surface area contributed by atoms with Gasteiger partial charge in [0.2, 0.25) is 0 Å². The van der Waals surface area contributed by atoms with Crippen LogP contribution in [0.1, 0.15) is 5.69 Å². The summed E-state index contributed by atoms with van der Waals surface area (Å²) in [4.78, 5) is 23.0. The molecule has 0 unspecified atom stereocenters. The van der Waals surface area contributed by atoms with Crippen LogP contribution < -0.4 is 5.56 Å². The number of hydrogen-bond acceptors (Lipinski definition) is 4. The number of hydrogen-bond donors (Lipinski definition) is 1. The molecule has 0 atom stereocenters. The van der Waals surface area contributed by atoms with E-state index in [1.54, 1.807) is 7.11 Å². The Kier molecular flexibility index (Phi) is 2.85. The Hall–Kier alpha value is -2.47. The van der Waals surface area contributed by atoms with Gasteiger partial charge in [-0.15, -0.1) is 0 Å². The number of methoxy groups -OCH3 is 1. The number of rotatable bonds is 3. The first kappa shape index (κ1) is 11.6. The maximum atomic E-state index is 11.6. The molecular formula is C13H12N4O2. The summed E-state index contributed by atoms with van der Waals surface area (Å²) in [5.74, 6) is 0.447. The lowest BCUT2D eigenvalue weighted by atomic mass is 10.3. The number of ether oxygens (including phenoxy) is 1. The molecule has 0 saturated heterocycles. The minimum atomic E-state index is -0.214. The first-order valence-corrected chi connectivity index (χ1v) is 5.79. The molecule has 0 aliphatic rings. The van der Waals surface area contributed by atoms with Gasteiger partial charge in [0.1, 0.15) is 11.3 Å². The maximum Gasteiger partial charge on any atom is 0.251 e. The Bertz CT molecular complexity index is 742. The molecule has 6 heteroatoms. The van der Waals surface area contributed by atoms with E-state index in [0.29, 0.717) is 23.8 Å². The van der Waals surface area contributed by atoms with E-state index in [9.17, 15) is 4.79 Å². The zero-order valence-electron chi connectivity index (χ0n) is 10.3. The van der Waals surface area contributed by atoms with Crippen LogP contribution in [0.3, 0.4) is 0 Å². The number of fused-ring (bicyclic) bond motifs is 1. The predicted molar refractivity (Wildman–Crippen MR) is 69.8 cm³/mol. The van der Waals surface area contributed by atoms with Crippen molar-refractivity contribution >= 4 is 5.65 Å². The highest BCUT2D eigenvalue weighted by atomic mass is 16.5. The van der Waals surface area contributed by atoms with Gasteiger partial charge in [0.05, 0.1) is 12.3 Å². The molecule has 96 valence electrons. The second kappa shape index (κ2) is 4.66. The SMILES string of the molecule is COCc1cc(=O)[nH]c(-c2cn3ccccc3n2)n1. The Labute approximate surface area is 108 Å². The lowest BCUT2D eigenvalue weighted by Gasteiger charge is -2.00. The molecule has 0 bridgehead atoms. The summed E-state index contributed by atoms with van der Waals surface area (Å²) in [5.41, 5.74) is 1.80. The van der Waals surface area contributed by atoms with Crippen LogP contribution >= 0.6 is 0 Å². The van der Waals surface area contributed by atoms with Crippen LogP contribution in [-0.4, -0.2) is 26.5 Å². The fourth-order valence-corrected chi connectivity index (χ4v) is 1.90. The fraction of sp³-hybridized carbons (Fsp3) is 0.154. The lowest BCUT2D eigenvalue weighted by Crippen LogP contribution is -2.10. The molecule has 6 nitrogen and oxygen atoms in total. The zero-order chi connectivity index (χ0) is 13.2. The maximum absolute atomic E-state index is 11.6. The number of nitrogens with zero attached hydrogens (tertiary/aromatic N) is 3. The number of aromatic nitrogens is 4. The summed E-state index contributed by atoms with van der Waals surface area (Å²) in [6.45, 7) is 0.296. The third-order valence-corrected chi connectivity index (χ3v) is 2.69. The van der Waals surface area contributed by atoms with Crippen molar-refractivity contribution < 1.29 is 4.74 Å². The van der Waals surface area contributed by atoms with Crippen molar-refractivity contribution in [1.82, 2.24) is 19.4 Å². The minimum absolute atomic E-state index is 0.214. The standard InChI is InChI=1S/C13H12N4O2/c1-19-8-9-6-12(18)16-13(14-9)10-7-17-5-3-2-4-11(17)15-10/h2-7H,8H2,1H3,(H,14,16,18). The highest BCUT2D eigenvalue weighted by Crippen LogP contribution is 2.14. The molecule has 0 amide bonds. The molecule has 1 N–H and O–H groups in total. The van der Waals surface area contributed by atoms with E-state index < -0.39 is 0 Å². The average molecular weight is 256 g/mol. The van der Waals surface area contributed by atoms with Gasteiger partial charge in [-0.1, -0.05) is 6.07 Å². The topological polar surface area (TPSA) is 72.3 Å². The van der Waals surface area contributed by atoms with Crippen LogP contribution in [0.4, 0.5) is 0 Å². The third-order valence-electron chi connectivity index (χ3n) is 2.69. The Balaban J connectivity index is 2.12. The molecule has 0 fully saturated rings. The normalized spacial score (nSPS) is 11.0. The van der Waals surface area contributed by atoms with Crippen LogP contribution in [0.2, 0.25) is 0 Å². The number of imidazole rings is 1. The summed E-state index contributed by atoms with van der Waals surface area (Å²) < 4.78 is 6.87. The lowest BCUT2D eigenvalue weighted by molar-refractivity contribution is 0.181. The van der Waals surface area contributed by atoms with Gasteiger partial charge >= 0.3 is 0 Å². The van der Waals surface area contributed by atoms with Gasteiger partial charge in [0.15, 0.2) is 5.82 Å². The summed E-state index contributed by atoms with van der Waals surface area (Å²) in [6, 6.07) is 7.13. The summed E-state index contributed by atoms with van der Waals surface area (Å²) >= 11 is 0. The smallest absolute Gasteiger partial charge is 0.251 e. The molecule has 3 heterocycles. The number of pyridine rings is 1. The van der Waals surface area contributed by atoms with Crippen molar-refractivity contribution in [3.05, 3.63) is 52.7 Å². The number of aromatic amines is 1. The van der Waals surface area contributed by atoms with Crippen LogP contribution in [-0.2, 0) is 11.3 Å². The predicted octanol–water partition coefficient (Wildman–Crippen LogP) is 1.23. The van der Waals surface area contributed by atoms with E-state index in [-0.39, 0.29) is 5.56 Å². The molecule has 0 saturated carbocycles. The van der Waals surface area contributed by atoms with Crippen LogP contribution in [0.5, 0.6) is 0 Å². The van der Waals surface area contributed by atoms with Crippen molar-refractivity contribution in [1.29, 1.82) is 0 Å². The summed E-state index contributed by atoms with van der Waals surface area (Å²) in [7, 11) is 1.56. The van der Waals surface area contributed by atoms with Crippen molar-refractivity contribution in [2.75, 3.05) is 7.11 Å². The van der Waals surface area contributed by atoms with E-state index in [4.69, 9.17) is 4.74 Å². The number of nitrogens with one attached hydrogen (secondary N) is 1. The van der Waals surface area contributed by atoms with Gasteiger partial charge in [0.25, 0.3) is 5.56 Å². The van der Waals surface area contributed by atoms with E-state index in [1.165, 1.54) is 6.07 Å². The van der Waals surface area contributed by atoms with Crippen LogP contribution in [0.15, 0.2) is 41.5 Å². The molecule has 3 rings (SSSR count). The van der Waals surface area contributed by atoms with E-state index >= 15 is 0 Å². The molecule has 0 radical (unpaired) electrons. The largest absolute Gasteiger partial charge is 0.378 e. The number of H-pyrrole nitrogens is 1. The van der Waals surface area contributed by atoms with Gasteiger partial charge in [0, 0.05) is 25.6 Å². The Morgan fingerprint density at radius 3 is 3.05 bits per heavy atom. The van der Waals surface area contributed by atoms with Gasteiger partial charge in [-0.3, -0.25) is 4.79 Å². The van der Waals surface area contributed by atoms with Gasteiger partial charge in [-0.05, 0) is 12.1 Å². The molecule has 0 spiro atoms. The highest BCUT2D eigenvalue weighted by Gasteiger charge is 2.08. The summed E-state index contributed by atoms with van der Waals surface area (Å²) in [6.07, 6.45) is 3.72. The molecule has 3 aromatic heterocycles. The third kappa shape index (κ3) is 2.25. The van der Waals surface area contributed by atoms with Gasteiger partial charge < -0.3 is 14.1 Å². The second-order valence-electron chi connectivity index (χ2n) is 4.11. The molecule has 19 heavy (non-hydrogen) atoms. The van der Waals surface area contributed by atoms with Crippen molar-refractivity contribution in [3.63, 3.8) is 0 Å². The van der Waals surface area contributed by atoms with Crippen molar-refractivity contribution in [3.8, 4) is 11.5 Å². The average Bonchev–Trinajstić information content (AvgIpc) is 2.82. The zero-order valence-corrected chi connectivity index (χ0v) is 10.3. The molecule has 0 aliphatic carbocycles. The van der Waals surface area contributed by atoms with E-state index in [1.807, 2.05) is 35.0 Å². The monoisotopic (exact) mass is 256 g/mol. The second-order valence-corrected chi connectivity index (χ2v) is 4.11.